The Balaban J connectivity index is 2.54. The number of carbonyl (C=O) groups excluding carboxylic acids is 2. The Morgan fingerprint density at radius 3 is 1.86 bits per heavy atom. The number of carbonyl (C=O) groups is 2. The van der Waals surface area contributed by atoms with Gasteiger partial charge in [-0.15, -0.1) is 0 Å². The first-order valence-electron chi connectivity index (χ1n) is 6.45. The summed E-state index contributed by atoms with van der Waals surface area (Å²) in [6, 6.07) is 9.32. The molecule has 110 valence electrons. The van der Waals surface area contributed by atoms with Crippen molar-refractivity contribution >= 4 is 11.9 Å². The molecular weight excluding hydrogens is 270 g/mol. The lowest BCUT2D eigenvalue weighted by Gasteiger charge is -2.28. The van der Waals surface area contributed by atoms with Crippen LogP contribution in [0.25, 0.3) is 0 Å². The highest BCUT2D eigenvalue weighted by Gasteiger charge is 2.34. The second kappa shape index (κ2) is 6.26. The molecular formula is C16H17NO4. The van der Waals surface area contributed by atoms with Crippen LogP contribution in [0.5, 0.6) is 0 Å². The maximum atomic E-state index is 12.1. The summed E-state index contributed by atoms with van der Waals surface area (Å²) in [4.78, 5) is 25.8. The van der Waals surface area contributed by atoms with Crippen molar-refractivity contribution in [3.8, 4) is 0 Å². The Labute approximate surface area is 123 Å². The molecule has 0 bridgehead atoms. The van der Waals surface area contributed by atoms with Gasteiger partial charge in [-0.1, -0.05) is 30.3 Å². The quantitative estimate of drug-likeness (QED) is 0.794. The molecule has 2 rings (SSSR count). The molecule has 0 saturated carbocycles. The number of benzene rings is 1. The van der Waals surface area contributed by atoms with Crippen molar-refractivity contribution in [2.75, 3.05) is 21.3 Å². The van der Waals surface area contributed by atoms with Crippen LogP contribution in [0.1, 0.15) is 11.5 Å². The van der Waals surface area contributed by atoms with Gasteiger partial charge in [0.05, 0.1) is 31.3 Å². The zero-order valence-corrected chi connectivity index (χ0v) is 12.2. The van der Waals surface area contributed by atoms with E-state index in [1.165, 1.54) is 14.2 Å². The minimum Gasteiger partial charge on any atom is -0.466 e. The third kappa shape index (κ3) is 2.97. The van der Waals surface area contributed by atoms with E-state index in [4.69, 9.17) is 9.47 Å². The summed E-state index contributed by atoms with van der Waals surface area (Å²) < 4.78 is 9.68. The van der Waals surface area contributed by atoms with E-state index in [1.54, 1.807) is 24.3 Å². The molecule has 0 radical (unpaired) electrons. The van der Waals surface area contributed by atoms with Gasteiger partial charge in [-0.05, 0) is 5.56 Å². The monoisotopic (exact) mass is 287 g/mol. The normalized spacial score (nSPS) is 15.1. The maximum Gasteiger partial charge on any atom is 0.336 e. The van der Waals surface area contributed by atoms with Crippen LogP contribution in [0.15, 0.2) is 53.9 Å². The molecule has 0 amide bonds. The molecule has 21 heavy (non-hydrogen) atoms. The summed E-state index contributed by atoms with van der Waals surface area (Å²) in [5, 5.41) is 0. The lowest BCUT2D eigenvalue weighted by atomic mass is 9.83. The molecule has 0 aromatic heterocycles. The lowest BCUT2D eigenvalue weighted by molar-refractivity contribution is -0.137. The van der Waals surface area contributed by atoms with Gasteiger partial charge < -0.3 is 14.4 Å². The molecule has 5 heteroatoms. The average molecular weight is 287 g/mol. The van der Waals surface area contributed by atoms with Gasteiger partial charge in [-0.3, -0.25) is 0 Å². The summed E-state index contributed by atoms with van der Waals surface area (Å²) in [6.45, 7) is 0. The molecule has 1 aliphatic rings. The van der Waals surface area contributed by atoms with Crippen LogP contribution in [-0.4, -0.2) is 38.1 Å². The Hall–Kier alpha value is -2.56. The van der Waals surface area contributed by atoms with Gasteiger partial charge in [-0.2, -0.15) is 0 Å². The van der Waals surface area contributed by atoms with Crippen LogP contribution in [0.4, 0.5) is 0 Å². The molecule has 0 unspecified atom stereocenters. The smallest absolute Gasteiger partial charge is 0.336 e. The standard InChI is InChI=1S/C16H17NO4/c1-17-9-12(15(18)20-2)14(11-7-5-4-6-8-11)13(10-17)16(19)21-3/h4-10,14H,1-3H3. The highest BCUT2D eigenvalue weighted by Crippen LogP contribution is 2.36. The van der Waals surface area contributed by atoms with Gasteiger partial charge in [0, 0.05) is 19.4 Å². The fourth-order valence-corrected chi connectivity index (χ4v) is 2.37. The highest BCUT2D eigenvalue weighted by molar-refractivity contribution is 5.98. The van der Waals surface area contributed by atoms with Crippen molar-refractivity contribution in [3.05, 3.63) is 59.4 Å². The Kier molecular flexibility index (Phi) is 4.42. The molecule has 0 aliphatic carbocycles. The van der Waals surface area contributed by atoms with Crippen molar-refractivity contribution in [1.82, 2.24) is 4.90 Å². The van der Waals surface area contributed by atoms with E-state index in [-0.39, 0.29) is 0 Å². The maximum absolute atomic E-state index is 12.1. The predicted octanol–water partition coefficient (Wildman–Crippen LogP) is 1.83. The van der Waals surface area contributed by atoms with Crippen LogP contribution in [0.3, 0.4) is 0 Å². The molecule has 5 nitrogen and oxygen atoms in total. The number of ether oxygens (including phenoxy) is 2. The highest BCUT2D eigenvalue weighted by atomic mass is 16.5. The predicted molar refractivity (Wildman–Crippen MR) is 77.1 cm³/mol. The van der Waals surface area contributed by atoms with Crippen LogP contribution >= 0.6 is 0 Å². The molecule has 1 aromatic rings. The first kappa shape index (κ1) is 14.8. The van der Waals surface area contributed by atoms with Gasteiger partial charge in [0.15, 0.2) is 0 Å². The van der Waals surface area contributed by atoms with Gasteiger partial charge in [0.25, 0.3) is 0 Å². The van der Waals surface area contributed by atoms with Crippen molar-refractivity contribution < 1.29 is 19.1 Å². The number of rotatable bonds is 3. The summed E-state index contributed by atoms with van der Waals surface area (Å²) in [5.41, 5.74) is 1.63. The number of esters is 2. The molecule has 0 fully saturated rings. The molecule has 1 aromatic carbocycles. The van der Waals surface area contributed by atoms with E-state index in [2.05, 4.69) is 0 Å². The number of nitrogens with zero attached hydrogens (tertiary/aromatic N) is 1. The van der Waals surface area contributed by atoms with Gasteiger partial charge in [0.1, 0.15) is 0 Å². The molecule has 1 heterocycles. The Bertz CT molecular complexity index is 570. The number of methoxy groups -OCH3 is 2. The largest absolute Gasteiger partial charge is 0.466 e. The zero-order chi connectivity index (χ0) is 15.4. The fourth-order valence-electron chi connectivity index (χ4n) is 2.37. The van der Waals surface area contributed by atoms with Crippen molar-refractivity contribution in [2.24, 2.45) is 0 Å². The summed E-state index contributed by atoms with van der Waals surface area (Å²) in [5.74, 6) is -1.43. The zero-order valence-electron chi connectivity index (χ0n) is 12.2. The molecule has 0 N–H and O–H groups in total. The van der Waals surface area contributed by atoms with E-state index in [0.29, 0.717) is 11.1 Å². The average Bonchev–Trinajstić information content (AvgIpc) is 2.53. The molecule has 1 aliphatic heterocycles. The summed E-state index contributed by atoms with van der Waals surface area (Å²) in [6.07, 6.45) is 3.33. The molecule has 0 spiro atoms. The minimum absolute atomic E-state index is 0.397. The summed E-state index contributed by atoms with van der Waals surface area (Å²) in [7, 11) is 4.38. The minimum atomic E-state index is -0.498. The Morgan fingerprint density at radius 1 is 0.952 bits per heavy atom. The van der Waals surface area contributed by atoms with Crippen molar-refractivity contribution in [3.63, 3.8) is 0 Å². The summed E-state index contributed by atoms with van der Waals surface area (Å²) >= 11 is 0. The second-order valence-electron chi connectivity index (χ2n) is 4.66. The fraction of sp³-hybridized carbons (Fsp3) is 0.250. The third-order valence-electron chi connectivity index (χ3n) is 3.28. The van der Waals surface area contributed by atoms with Crippen molar-refractivity contribution in [1.29, 1.82) is 0 Å². The van der Waals surface area contributed by atoms with E-state index in [0.717, 1.165) is 5.56 Å². The Morgan fingerprint density at radius 2 is 1.43 bits per heavy atom. The van der Waals surface area contributed by atoms with E-state index in [9.17, 15) is 9.59 Å². The number of hydrogen-bond donors (Lipinski definition) is 0. The first-order valence-corrected chi connectivity index (χ1v) is 6.45. The van der Waals surface area contributed by atoms with Crippen LogP contribution in [0, 0.1) is 0 Å². The van der Waals surface area contributed by atoms with E-state index >= 15 is 0 Å². The van der Waals surface area contributed by atoms with E-state index in [1.807, 2.05) is 30.3 Å². The van der Waals surface area contributed by atoms with Gasteiger partial charge >= 0.3 is 11.9 Å². The van der Waals surface area contributed by atoms with Crippen LogP contribution < -0.4 is 0 Å². The SMILES string of the molecule is COC(=O)C1=CN(C)C=C(C(=O)OC)C1c1ccccc1. The topological polar surface area (TPSA) is 55.8 Å². The van der Waals surface area contributed by atoms with Crippen LogP contribution in [0.2, 0.25) is 0 Å². The van der Waals surface area contributed by atoms with E-state index < -0.39 is 17.9 Å². The molecule has 0 saturated heterocycles. The first-order chi connectivity index (χ1) is 10.1. The number of hydrogen-bond acceptors (Lipinski definition) is 5. The van der Waals surface area contributed by atoms with Gasteiger partial charge in [-0.25, -0.2) is 9.59 Å². The van der Waals surface area contributed by atoms with Crippen molar-refractivity contribution in [2.45, 2.75) is 5.92 Å². The van der Waals surface area contributed by atoms with Crippen LogP contribution in [-0.2, 0) is 19.1 Å². The molecule has 0 atom stereocenters. The van der Waals surface area contributed by atoms with Gasteiger partial charge in [0.2, 0.25) is 0 Å². The second-order valence-corrected chi connectivity index (χ2v) is 4.66. The third-order valence-corrected chi connectivity index (χ3v) is 3.28. The lowest BCUT2D eigenvalue weighted by Crippen LogP contribution is -2.27.